The Balaban J connectivity index is 2.23. The van der Waals surface area contributed by atoms with E-state index < -0.39 is 0 Å². The van der Waals surface area contributed by atoms with E-state index in [2.05, 4.69) is 18.9 Å². The Kier molecular flexibility index (Phi) is 3.48. The molecule has 1 aromatic heterocycles. The minimum absolute atomic E-state index is 0.434. The van der Waals surface area contributed by atoms with Crippen LogP contribution in [0, 0.1) is 20.8 Å². The summed E-state index contributed by atoms with van der Waals surface area (Å²) in [6, 6.07) is 7.99. The van der Waals surface area contributed by atoms with Gasteiger partial charge in [0.05, 0.1) is 12.2 Å². The first-order valence-corrected chi connectivity index (χ1v) is 6.29. The second-order valence-electron chi connectivity index (χ2n) is 4.51. The second-order valence-corrected chi connectivity index (χ2v) is 4.95. The van der Waals surface area contributed by atoms with Gasteiger partial charge < -0.3 is 5.73 Å². The molecule has 3 nitrogen and oxygen atoms in total. The zero-order chi connectivity index (χ0) is 13.3. The van der Waals surface area contributed by atoms with Crippen LogP contribution in [-0.4, -0.2) is 14.8 Å². The monoisotopic (exact) mass is 259 g/mol. The molecule has 1 aromatic carbocycles. The fourth-order valence-corrected chi connectivity index (χ4v) is 2.02. The fraction of sp³-hybridized carbons (Fsp3) is 0.286. The summed E-state index contributed by atoms with van der Waals surface area (Å²) in [4.78, 5) is 0.434. The van der Waals surface area contributed by atoms with Crippen LogP contribution < -0.4 is 5.73 Å². The molecule has 0 radical (unpaired) electrons. The molecule has 94 valence electrons. The third kappa shape index (κ3) is 2.43. The van der Waals surface area contributed by atoms with Crippen LogP contribution in [0.15, 0.2) is 24.3 Å². The summed E-state index contributed by atoms with van der Waals surface area (Å²) in [6.07, 6.45) is 0. The maximum Gasteiger partial charge on any atom is 0.103 e. The average molecular weight is 259 g/mol. The minimum Gasteiger partial charge on any atom is -0.389 e. The Labute approximate surface area is 113 Å². The van der Waals surface area contributed by atoms with E-state index in [0.717, 1.165) is 17.8 Å². The van der Waals surface area contributed by atoms with Crippen molar-refractivity contribution in [2.24, 2.45) is 5.73 Å². The van der Waals surface area contributed by atoms with Crippen LogP contribution in [0.3, 0.4) is 0 Å². The largest absolute Gasteiger partial charge is 0.389 e. The predicted octanol–water partition coefficient (Wildman–Crippen LogP) is 2.49. The van der Waals surface area contributed by atoms with Crippen LogP contribution in [0.4, 0.5) is 0 Å². The van der Waals surface area contributed by atoms with E-state index in [9.17, 15) is 0 Å². The van der Waals surface area contributed by atoms with Crippen LogP contribution >= 0.6 is 12.2 Å². The third-order valence-electron chi connectivity index (χ3n) is 3.31. The van der Waals surface area contributed by atoms with Gasteiger partial charge in [0.15, 0.2) is 0 Å². The van der Waals surface area contributed by atoms with Crippen molar-refractivity contribution in [3.05, 3.63) is 52.3 Å². The van der Waals surface area contributed by atoms with E-state index in [4.69, 9.17) is 18.0 Å². The number of hydrogen-bond donors (Lipinski definition) is 1. The molecule has 0 aliphatic heterocycles. The Morgan fingerprint density at radius 1 is 1.22 bits per heavy atom. The van der Waals surface area contributed by atoms with E-state index in [1.807, 2.05) is 35.9 Å². The molecule has 0 bridgehead atoms. The SMILES string of the molecule is Cc1nn(Cc2ccc(C(N)=S)cc2)c(C)c1C. The molecule has 0 saturated heterocycles. The first kappa shape index (κ1) is 12.8. The summed E-state index contributed by atoms with van der Waals surface area (Å²) in [6.45, 7) is 7.01. The fourth-order valence-electron chi connectivity index (χ4n) is 1.89. The molecule has 0 unspecified atom stereocenters. The maximum absolute atomic E-state index is 5.58. The van der Waals surface area contributed by atoms with Crippen molar-refractivity contribution in [1.82, 2.24) is 9.78 Å². The van der Waals surface area contributed by atoms with Crippen LogP contribution in [0.2, 0.25) is 0 Å². The lowest BCUT2D eigenvalue weighted by atomic mass is 10.1. The first-order valence-electron chi connectivity index (χ1n) is 5.88. The summed E-state index contributed by atoms with van der Waals surface area (Å²) in [5, 5.41) is 4.53. The van der Waals surface area contributed by atoms with Crippen LogP contribution in [-0.2, 0) is 6.54 Å². The van der Waals surface area contributed by atoms with E-state index in [1.165, 1.54) is 16.8 Å². The summed E-state index contributed by atoms with van der Waals surface area (Å²) >= 11 is 4.94. The number of nitrogens with zero attached hydrogens (tertiary/aromatic N) is 2. The zero-order valence-electron chi connectivity index (χ0n) is 10.9. The van der Waals surface area contributed by atoms with E-state index in [-0.39, 0.29) is 0 Å². The lowest BCUT2D eigenvalue weighted by Crippen LogP contribution is -2.09. The van der Waals surface area contributed by atoms with Crippen molar-refractivity contribution >= 4 is 17.2 Å². The highest BCUT2D eigenvalue weighted by atomic mass is 32.1. The Morgan fingerprint density at radius 2 is 1.83 bits per heavy atom. The Morgan fingerprint density at radius 3 is 2.28 bits per heavy atom. The van der Waals surface area contributed by atoms with Crippen molar-refractivity contribution in [1.29, 1.82) is 0 Å². The predicted molar refractivity (Wildman–Crippen MR) is 77.9 cm³/mol. The zero-order valence-corrected chi connectivity index (χ0v) is 11.7. The molecular weight excluding hydrogens is 242 g/mol. The molecule has 4 heteroatoms. The molecule has 0 saturated carbocycles. The number of nitrogens with two attached hydrogens (primary N) is 1. The minimum atomic E-state index is 0.434. The van der Waals surface area contributed by atoms with Gasteiger partial charge in [-0.1, -0.05) is 36.5 Å². The number of aryl methyl sites for hydroxylation is 1. The van der Waals surface area contributed by atoms with E-state index in [0.29, 0.717) is 4.99 Å². The molecule has 0 atom stereocenters. The molecule has 0 spiro atoms. The molecule has 0 aliphatic carbocycles. The topological polar surface area (TPSA) is 43.8 Å². The molecule has 0 fully saturated rings. The molecule has 0 aliphatic rings. The molecule has 2 N–H and O–H groups in total. The summed E-state index contributed by atoms with van der Waals surface area (Å²) in [5.74, 6) is 0. The number of thiocarbonyl (C=S) groups is 1. The van der Waals surface area contributed by atoms with Gasteiger partial charge in [0.1, 0.15) is 4.99 Å². The van der Waals surface area contributed by atoms with E-state index >= 15 is 0 Å². The smallest absolute Gasteiger partial charge is 0.103 e. The van der Waals surface area contributed by atoms with Crippen LogP contribution in [0.25, 0.3) is 0 Å². The molecule has 1 heterocycles. The van der Waals surface area contributed by atoms with Gasteiger partial charge >= 0.3 is 0 Å². The number of hydrogen-bond acceptors (Lipinski definition) is 2. The summed E-state index contributed by atoms with van der Waals surface area (Å²) < 4.78 is 2.03. The van der Waals surface area contributed by atoms with Gasteiger partial charge in [0.2, 0.25) is 0 Å². The quantitative estimate of drug-likeness (QED) is 0.861. The normalized spacial score (nSPS) is 10.6. The van der Waals surface area contributed by atoms with Crippen molar-refractivity contribution < 1.29 is 0 Å². The Hall–Kier alpha value is -1.68. The van der Waals surface area contributed by atoms with Gasteiger partial charge in [0, 0.05) is 11.3 Å². The molecular formula is C14H17N3S. The Bertz CT molecular complexity index is 582. The molecule has 2 aromatic rings. The highest BCUT2D eigenvalue weighted by molar-refractivity contribution is 7.80. The third-order valence-corrected chi connectivity index (χ3v) is 3.55. The number of aromatic nitrogens is 2. The van der Waals surface area contributed by atoms with Crippen molar-refractivity contribution in [2.75, 3.05) is 0 Å². The van der Waals surface area contributed by atoms with Crippen LogP contribution in [0.5, 0.6) is 0 Å². The number of rotatable bonds is 3. The van der Waals surface area contributed by atoms with Gasteiger partial charge in [-0.3, -0.25) is 4.68 Å². The van der Waals surface area contributed by atoms with Gasteiger partial charge in [-0.15, -0.1) is 0 Å². The van der Waals surface area contributed by atoms with Gasteiger partial charge in [-0.25, -0.2) is 0 Å². The highest BCUT2D eigenvalue weighted by Crippen LogP contribution is 2.13. The van der Waals surface area contributed by atoms with Crippen molar-refractivity contribution in [3.63, 3.8) is 0 Å². The van der Waals surface area contributed by atoms with E-state index in [1.54, 1.807) is 0 Å². The lowest BCUT2D eigenvalue weighted by molar-refractivity contribution is 0.658. The van der Waals surface area contributed by atoms with Crippen molar-refractivity contribution in [3.8, 4) is 0 Å². The van der Waals surface area contributed by atoms with Crippen molar-refractivity contribution in [2.45, 2.75) is 27.3 Å². The summed E-state index contributed by atoms with van der Waals surface area (Å²) in [5.41, 5.74) is 11.2. The molecule has 18 heavy (non-hydrogen) atoms. The van der Waals surface area contributed by atoms with Gasteiger partial charge in [-0.05, 0) is 31.9 Å². The maximum atomic E-state index is 5.58. The van der Waals surface area contributed by atoms with Gasteiger partial charge in [0.25, 0.3) is 0 Å². The molecule has 2 rings (SSSR count). The summed E-state index contributed by atoms with van der Waals surface area (Å²) in [7, 11) is 0. The highest BCUT2D eigenvalue weighted by Gasteiger charge is 2.07. The second kappa shape index (κ2) is 4.90. The van der Waals surface area contributed by atoms with Gasteiger partial charge in [-0.2, -0.15) is 5.10 Å². The molecule has 0 amide bonds. The first-order chi connectivity index (χ1) is 8.49. The lowest BCUT2D eigenvalue weighted by Gasteiger charge is -2.06. The number of benzene rings is 1. The van der Waals surface area contributed by atoms with Crippen LogP contribution in [0.1, 0.15) is 28.1 Å². The standard InChI is InChI=1S/C14H17N3S/c1-9-10(2)16-17(11(9)3)8-12-4-6-13(7-5-12)14(15)18/h4-7H,8H2,1-3H3,(H2,15,18). The average Bonchev–Trinajstić information content (AvgIpc) is 2.58.